The maximum atomic E-state index is 14.3. The van der Waals surface area contributed by atoms with Gasteiger partial charge >= 0.3 is 0 Å². The van der Waals surface area contributed by atoms with Crippen LogP contribution in [0, 0.1) is 5.82 Å². The average Bonchev–Trinajstić information content (AvgIpc) is 2.66. The van der Waals surface area contributed by atoms with Crippen LogP contribution in [-0.2, 0) is 19.3 Å². The highest BCUT2D eigenvalue weighted by Crippen LogP contribution is 2.26. The third-order valence-corrected chi connectivity index (χ3v) is 4.54. The van der Waals surface area contributed by atoms with Crippen molar-refractivity contribution < 1.29 is 13.2 Å². The lowest BCUT2D eigenvalue weighted by molar-refractivity contribution is 0.547. The van der Waals surface area contributed by atoms with E-state index in [2.05, 4.69) is 31.2 Å². The summed E-state index contributed by atoms with van der Waals surface area (Å²) in [6, 6.07) is 12.5. The Morgan fingerprint density at radius 1 is 0.808 bits per heavy atom. The van der Waals surface area contributed by atoms with Gasteiger partial charge in [0.1, 0.15) is 11.6 Å². The van der Waals surface area contributed by atoms with Gasteiger partial charge in [-0.25, -0.2) is 13.2 Å². The molecule has 0 spiro atoms. The summed E-state index contributed by atoms with van der Waals surface area (Å²) in [4.78, 5) is 0. The first-order valence-electron chi connectivity index (χ1n) is 9.45. The van der Waals surface area contributed by atoms with Gasteiger partial charge in [-0.3, -0.25) is 0 Å². The molecule has 0 heterocycles. The zero-order chi connectivity index (χ0) is 18.9. The van der Waals surface area contributed by atoms with E-state index in [0.717, 1.165) is 30.9 Å². The number of hydrogen-bond donors (Lipinski definition) is 0. The van der Waals surface area contributed by atoms with Crippen molar-refractivity contribution in [3.63, 3.8) is 0 Å². The summed E-state index contributed by atoms with van der Waals surface area (Å²) in [5.41, 5.74) is 2.95. The lowest BCUT2D eigenvalue weighted by atomic mass is 10.0. The van der Waals surface area contributed by atoms with Gasteiger partial charge in [0.25, 0.3) is 0 Å². The summed E-state index contributed by atoms with van der Waals surface area (Å²) in [5, 5.41) is 0. The second-order valence-corrected chi connectivity index (χ2v) is 6.70. The molecule has 0 aliphatic carbocycles. The highest BCUT2D eigenvalue weighted by Gasteiger charge is 2.12. The lowest BCUT2D eigenvalue weighted by Gasteiger charge is -2.07. The van der Waals surface area contributed by atoms with Crippen molar-refractivity contribution in [2.75, 3.05) is 0 Å². The molecule has 0 aliphatic heterocycles. The second kappa shape index (κ2) is 10.2. The van der Waals surface area contributed by atoms with Crippen LogP contribution in [0.2, 0.25) is 0 Å². The van der Waals surface area contributed by atoms with E-state index in [1.165, 1.54) is 11.6 Å². The molecular formula is C23H27F3. The molecule has 26 heavy (non-hydrogen) atoms. The Morgan fingerprint density at radius 3 is 2.04 bits per heavy atom. The molecule has 0 nitrogen and oxygen atoms in total. The van der Waals surface area contributed by atoms with Crippen LogP contribution in [0.1, 0.15) is 61.8 Å². The Labute approximate surface area is 154 Å². The average molecular weight is 360 g/mol. The molecule has 2 aromatic rings. The monoisotopic (exact) mass is 360 g/mol. The van der Waals surface area contributed by atoms with E-state index in [0.29, 0.717) is 24.8 Å². The molecular weight excluding hydrogens is 333 g/mol. The van der Waals surface area contributed by atoms with E-state index in [1.807, 2.05) is 6.92 Å². The van der Waals surface area contributed by atoms with Crippen LogP contribution in [0.4, 0.5) is 13.2 Å². The minimum atomic E-state index is -0.949. The number of benzene rings is 2. The zero-order valence-electron chi connectivity index (χ0n) is 15.6. The first-order valence-corrected chi connectivity index (χ1v) is 9.45. The fourth-order valence-electron chi connectivity index (χ4n) is 2.93. The largest absolute Gasteiger partial charge is 0.209 e. The summed E-state index contributed by atoms with van der Waals surface area (Å²) in [7, 11) is 0. The Morgan fingerprint density at radius 2 is 1.46 bits per heavy atom. The third-order valence-electron chi connectivity index (χ3n) is 4.54. The summed E-state index contributed by atoms with van der Waals surface area (Å²) in [6.07, 6.45) is 4.84. The molecule has 2 rings (SSSR count). The maximum Gasteiger partial charge on any atom is 0.161 e. The quantitative estimate of drug-likeness (QED) is 0.438. The van der Waals surface area contributed by atoms with Crippen LogP contribution in [0.5, 0.6) is 0 Å². The van der Waals surface area contributed by atoms with Gasteiger partial charge in [0.2, 0.25) is 0 Å². The van der Waals surface area contributed by atoms with E-state index in [-0.39, 0.29) is 12.0 Å². The van der Waals surface area contributed by atoms with Crippen molar-refractivity contribution in [2.24, 2.45) is 0 Å². The lowest BCUT2D eigenvalue weighted by Crippen LogP contribution is -1.97. The van der Waals surface area contributed by atoms with Crippen LogP contribution in [-0.4, -0.2) is 0 Å². The van der Waals surface area contributed by atoms with Crippen molar-refractivity contribution >= 4 is 5.83 Å². The van der Waals surface area contributed by atoms with Gasteiger partial charge in [-0.1, -0.05) is 63.1 Å². The molecule has 140 valence electrons. The highest BCUT2D eigenvalue weighted by atomic mass is 19.2. The SMILES string of the molecule is CCCC/C(F)=C(\F)c1ccc(CCc2ccc(CCC)cc2)c(F)c1. The van der Waals surface area contributed by atoms with Crippen molar-refractivity contribution in [3.05, 3.63) is 76.4 Å². The van der Waals surface area contributed by atoms with Gasteiger partial charge in [-0.15, -0.1) is 0 Å². The molecule has 0 saturated carbocycles. The fraction of sp³-hybridized carbons (Fsp3) is 0.391. The number of halogens is 3. The van der Waals surface area contributed by atoms with E-state index < -0.39 is 17.5 Å². The van der Waals surface area contributed by atoms with Gasteiger partial charge in [0.05, 0.1) is 0 Å². The number of rotatable bonds is 9. The number of unbranched alkanes of at least 4 members (excludes halogenated alkanes) is 1. The predicted molar refractivity (Wildman–Crippen MR) is 103 cm³/mol. The third kappa shape index (κ3) is 5.76. The summed E-state index contributed by atoms with van der Waals surface area (Å²) < 4.78 is 42.1. The van der Waals surface area contributed by atoms with Crippen LogP contribution in [0.3, 0.4) is 0 Å². The minimum absolute atomic E-state index is 0.0243. The predicted octanol–water partition coefficient (Wildman–Crippen LogP) is 7.36. The maximum absolute atomic E-state index is 14.3. The van der Waals surface area contributed by atoms with Crippen LogP contribution >= 0.6 is 0 Å². The van der Waals surface area contributed by atoms with Crippen LogP contribution in [0.15, 0.2) is 48.3 Å². The molecule has 2 aromatic carbocycles. The van der Waals surface area contributed by atoms with Crippen molar-refractivity contribution in [1.82, 2.24) is 0 Å². The normalized spacial score (nSPS) is 12.2. The topological polar surface area (TPSA) is 0 Å². The Kier molecular flexibility index (Phi) is 7.96. The molecule has 0 bridgehead atoms. The summed E-state index contributed by atoms with van der Waals surface area (Å²) in [6.45, 7) is 4.06. The molecule has 0 aliphatic rings. The molecule has 0 aromatic heterocycles. The molecule has 0 radical (unpaired) electrons. The molecule has 0 atom stereocenters. The van der Waals surface area contributed by atoms with E-state index in [1.54, 1.807) is 6.07 Å². The van der Waals surface area contributed by atoms with Crippen molar-refractivity contribution in [3.8, 4) is 0 Å². The first-order chi connectivity index (χ1) is 12.5. The molecule has 3 heteroatoms. The first kappa shape index (κ1) is 20.3. The highest BCUT2D eigenvalue weighted by molar-refractivity contribution is 5.61. The number of allylic oxidation sites excluding steroid dienone is 1. The smallest absolute Gasteiger partial charge is 0.161 e. The van der Waals surface area contributed by atoms with E-state index in [9.17, 15) is 13.2 Å². The van der Waals surface area contributed by atoms with Gasteiger partial charge < -0.3 is 0 Å². The minimum Gasteiger partial charge on any atom is -0.209 e. The van der Waals surface area contributed by atoms with Crippen LogP contribution in [0.25, 0.3) is 5.83 Å². The number of aryl methyl sites for hydroxylation is 3. The van der Waals surface area contributed by atoms with Gasteiger partial charge in [-0.05, 0) is 48.4 Å². The Bertz CT molecular complexity index is 730. The van der Waals surface area contributed by atoms with Crippen LogP contribution < -0.4 is 0 Å². The van der Waals surface area contributed by atoms with Gasteiger partial charge in [0.15, 0.2) is 5.83 Å². The Hall–Kier alpha value is -2.03. The van der Waals surface area contributed by atoms with Gasteiger partial charge in [0, 0.05) is 12.0 Å². The number of hydrogen-bond acceptors (Lipinski definition) is 0. The fourth-order valence-corrected chi connectivity index (χ4v) is 2.93. The molecule has 0 fully saturated rings. The van der Waals surface area contributed by atoms with E-state index >= 15 is 0 Å². The molecule has 0 N–H and O–H groups in total. The van der Waals surface area contributed by atoms with Crippen molar-refractivity contribution in [2.45, 2.75) is 58.8 Å². The standard InChI is InChI=1S/C23H27F3/c1-3-5-7-21(24)23(26)20-15-14-19(22(25)16-20)13-12-18-10-8-17(6-4-2)9-11-18/h8-11,14-16H,3-7,12-13H2,1-2H3/b23-21+. The molecule has 0 unspecified atom stereocenters. The second-order valence-electron chi connectivity index (χ2n) is 6.70. The Balaban J connectivity index is 2.03. The zero-order valence-corrected chi connectivity index (χ0v) is 15.6. The molecule has 0 amide bonds. The van der Waals surface area contributed by atoms with Crippen molar-refractivity contribution in [1.29, 1.82) is 0 Å². The van der Waals surface area contributed by atoms with E-state index in [4.69, 9.17) is 0 Å². The van der Waals surface area contributed by atoms with Gasteiger partial charge in [-0.2, -0.15) is 0 Å². The summed E-state index contributed by atoms with van der Waals surface area (Å²) >= 11 is 0. The summed E-state index contributed by atoms with van der Waals surface area (Å²) in [5.74, 6) is -2.23. The molecule has 0 saturated heterocycles.